The van der Waals surface area contributed by atoms with Crippen molar-refractivity contribution >= 4 is 33.0 Å². The van der Waals surface area contributed by atoms with E-state index < -0.39 is 10.0 Å². The number of nitrogens with zero attached hydrogens (tertiary/aromatic N) is 2. The molecule has 0 spiro atoms. The Hall–Kier alpha value is -2.10. The van der Waals surface area contributed by atoms with Crippen LogP contribution in [0.25, 0.3) is 0 Å². The van der Waals surface area contributed by atoms with E-state index in [0.29, 0.717) is 24.5 Å². The fourth-order valence-electron chi connectivity index (χ4n) is 3.26. The number of carbonyl (C=O) groups is 1. The first-order valence-electron chi connectivity index (χ1n) is 8.95. The molecule has 2 atom stereocenters. The summed E-state index contributed by atoms with van der Waals surface area (Å²) in [6.07, 6.45) is -0.192. The van der Waals surface area contributed by atoms with Gasteiger partial charge in [0.1, 0.15) is 16.5 Å². The third-order valence-electron chi connectivity index (χ3n) is 4.44. The van der Waals surface area contributed by atoms with E-state index in [2.05, 4.69) is 0 Å². The Labute approximate surface area is 169 Å². The van der Waals surface area contributed by atoms with Gasteiger partial charge in [-0.1, -0.05) is 18.2 Å². The molecule has 1 aliphatic rings. The average molecular weight is 425 g/mol. The molecular weight excluding hydrogens is 400 g/mol. The van der Waals surface area contributed by atoms with Crippen LogP contribution in [0.15, 0.2) is 46.0 Å². The Morgan fingerprint density at radius 1 is 1.21 bits per heavy atom. The van der Waals surface area contributed by atoms with Crippen LogP contribution in [0.4, 0.5) is 5.69 Å². The van der Waals surface area contributed by atoms with Crippen molar-refractivity contribution in [2.24, 2.45) is 0 Å². The van der Waals surface area contributed by atoms with Crippen molar-refractivity contribution in [3.8, 4) is 5.75 Å². The van der Waals surface area contributed by atoms with Crippen molar-refractivity contribution < 1.29 is 22.7 Å². The number of hydrogen-bond donors (Lipinski definition) is 0. The Morgan fingerprint density at radius 2 is 1.89 bits per heavy atom. The van der Waals surface area contributed by atoms with Crippen molar-refractivity contribution in [3.05, 3.63) is 41.8 Å². The standard InChI is InChI=1S/C19H24N2O5S2/c1-14-11-20(12-15(2)26-14)18(22)13-21(16-7-4-5-8-17(16)25-3)28(23,24)19-9-6-10-27-19/h4-10,14-15H,11-13H2,1-3H3. The Morgan fingerprint density at radius 3 is 2.50 bits per heavy atom. The molecule has 1 fully saturated rings. The van der Waals surface area contributed by atoms with E-state index in [0.717, 1.165) is 15.6 Å². The largest absolute Gasteiger partial charge is 0.495 e. The number of methoxy groups -OCH3 is 1. The van der Waals surface area contributed by atoms with Crippen molar-refractivity contribution in [2.45, 2.75) is 30.3 Å². The fourth-order valence-corrected chi connectivity index (χ4v) is 5.79. The van der Waals surface area contributed by atoms with Gasteiger partial charge in [-0.15, -0.1) is 11.3 Å². The molecule has 2 aromatic rings. The predicted octanol–water partition coefficient (Wildman–Crippen LogP) is 2.59. The second kappa shape index (κ2) is 8.50. The van der Waals surface area contributed by atoms with E-state index in [1.165, 1.54) is 13.2 Å². The highest BCUT2D eigenvalue weighted by molar-refractivity contribution is 7.94. The van der Waals surface area contributed by atoms with Crippen LogP contribution in [0.1, 0.15) is 13.8 Å². The number of para-hydroxylation sites is 2. The summed E-state index contributed by atoms with van der Waals surface area (Å²) in [5, 5.41) is 1.69. The molecule has 2 heterocycles. The third-order valence-corrected chi connectivity index (χ3v) is 7.58. The summed E-state index contributed by atoms with van der Waals surface area (Å²) in [4.78, 5) is 14.7. The molecule has 0 N–H and O–H groups in total. The molecule has 3 rings (SSSR count). The first-order chi connectivity index (χ1) is 13.3. The number of thiophene rings is 1. The predicted molar refractivity (Wildman–Crippen MR) is 108 cm³/mol. The van der Waals surface area contributed by atoms with Gasteiger partial charge in [-0.2, -0.15) is 0 Å². The molecule has 0 radical (unpaired) electrons. The lowest BCUT2D eigenvalue weighted by atomic mass is 10.2. The maximum Gasteiger partial charge on any atom is 0.274 e. The SMILES string of the molecule is COc1ccccc1N(CC(=O)N1CC(C)OC(C)C1)S(=O)(=O)c1cccs1. The quantitative estimate of drug-likeness (QED) is 0.712. The number of sulfonamides is 1. The highest BCUT2D eigenvalue weighted by Crippen LogP contribution is 2.33. The summed E-state index contributed by atoms with van der Waals surface area (Å²) in [5.74, 6) is 0.118. The van der Waals surface area contributed by atoms with Gasteiger partial charge in [-0.05, 0) is 37.4 Å². The molecule has 0 aliphatic carbocycles. The van der Waals surface area contributed by atoms with Crippen LogP contribution in [0, 0.1) is 0 Å². The minimum Gasteiger partial charge on any atom is -0.495 e. The number of hydrogen-bond acceptors (Lipinski definition) is 6. The van der Waals surface area contributed by atoms with Gasteiger partial charge < -0.3 is 14.4 Å². The smallest absolute Gasteiger partial charge is 0.274 e. The second-order valence-electron chi connectivity index (χ2n) is 6.67. The number of rotatable bonds is 6. The monoisotopic (exact) mass is 424 g/mol. The van der Waals surface area contributed by atoms with Crippen molar-refractivity contribution in [1.29, 1.82) is 0 Å². The summed E-state index contributed by atoms with van der Waals surface area (Å²) < 4.78 is 38.9. The van der Waals surface area contributed by atoms with E-state index >= 15 is 0 Å². The van der Waals surface area contributed by atoms with Gasteiger partial charge in [0.2, 0.25) is 5.91 Å². The summed E-state index contributed by atoms with van der Waals surface area (Å²) >= 11 is 1.11. The molecule has 0 bridgehead atoms. The van der Waals surface area contributed by atoms with Crippen molar-refractivity contribution in [3.63, 3.8) is 0 Å². The van der Waals surface area contributed by atoms with Crippen molar-refractivity contribution in [2.75, 3.05) is 31.0 Å². The maximum atomic E-state index is 13.3. The molecule has 152 valence electrons. The van der Waals surface area contributed by atoms with Crippen LogP contribution < -0.4 is 9.04 Å². The zero-order valence-corrected chi connectivity index (χ0v) is 17.7. The summed E-state index contributed by atoms with van der Waals surface area (Å²) in [7, 11) is -2.44. The lowest BCUT2D eigenvalue weighted by Crippen LogP contribution is -2.51. The van der Waals surface area contributed by atoms with Gasteiger partial charge in [0.05, 0.1) is 25.0 Å². The molecule has 1 aromatic heterocycles. The van der Waals surface area contributed by atoms with E-state index in [4.69, 9.17) is 9.47 Å². The van der Waals surface area contributed by atoms with Gasteiger partial charge >= 0.3 is 0 Å². The van der Waals surface area contributed by atoms with E-state index in [9.17, 15) is 13.2 Å². The first-order valence-corrected chi connectivity index (χ1v) is 11.3. The summed E-state index contributed by atoms with van der Waals surface area (Å²) in [5.41, 5.74) is 0.334. The molecule has 1 saturated heterocycles. The van der Waals surface area contributed by atoms with Crippen LogP contribution in [0.2, 0.25) is 0 Å². The Balaban J connectivity index is 1.96. The average Bonchev–Trinajstić information content (AvgIpc) is 3.20. The summed E-state index contributed by atoms with van der Waals surface area (Å²) in [6.45, 7) is 4.36. The zero-order valence-electron chi connectivity index (χ0n) is 16.1. The lowest BCUT2D eigenvalue weighted by molar-refractivity contribution is -0.141. The summed E-state index contributed by atoms with van der Waals surface area (Å²) in [6, 6.07) is 10.00. The second-order valence-corrected chi connectivity index (χ2v) is 9.71. The van der Waals surface area contributed by atoms with Gasteiger partial charge in [0.25, 0.3) is 10.0 Å². The number of benzene rings is 1. The number of ether oxygens (including phenoxy) is 2. The molecule has 28 heavy (non-hydrogen) atoms. The molecule has 1 amide bonds. The van der Waals surface area contributed by atoms with Crippen LogP contribution in [0.5, 0.6) is 5.75 Å². The van der Waals surface area contributed by atoms with Gasteiger partial charge in [-0.25, -0.2) is 8.42 Å². The van der Waals surface area contributed by atoms with Gasteiger partial charge in [-0.3, -0.25) is 9.10 Å². The van der Waals surface area contributed by atoms with E-state index in [1.54, 1.807) is 40.6 Å². The maximum absolute atomic E-state index is 13.3. The highest BCUT2D eigenvalue weighted by Gasteiger charge is 2.33. The lowest BCUT2D eigenvalue weighted by Gasteiger charge is -2.36. The van der Waals surface area contributed by atoms with Gasteiger partial charge in [0.15, 0.2) is 0 Å². The van der Waals surface area contributed by atoms with Gasteiger partial charge in [0, 0.05) is 13.1 Å². The Kier molecular flexibility index (Phi) is 6.26. The number of amides is 1. The molecule has 2 unspecified atom stereocenters. The minimum atomic E-state index is -3.91. The normalized spacial score (nSPS) is 20.0. The van der Waals surface area contributed by atoms with Crippen LogP contribution >= 0.6 is 11.3 Å². The zero-order chi connectivity index (χ0) is 20.3. The number of anilines is 1. The number of carbonyl (C=O) groups excluding carboxylic acids is 1. The molecular formula is C19H24N2O5S2. The van der Waals surface area contributed by atoms with E-state index in [-0.39, 0.29) is 28.9 Å². The third kappa shape index (κ3) is 4.31. The van der Waals surface area contributed by atoms with Crippen LogP contribution in [-0.2, 0) is 19.6 Å². The first kappa shape index (κ1) is 20.6. The highest BCUT2D eigenvalue weighted by atomic mass is 32.2. The van der Waals surface area contributed by atoms with E-state index in [1.807, 2.05) is 13.8 Å². The van der Waals surface area contributed by atoms with Crippen LogP contribution in [-0.4, -0.2) is 58.2 Å². The minimum absolute atomic E-state index is 0.0960. The molecule has 7 nitrogen and oxygen atoms in total. The molecule has 1 aliphatic heterocycles. The topological polar surface area (TPSA) is 76.2 Å². The fraction of sp³-hybridized carbons (Fsp3) is 0.421. The molecule has 9 heteroatoms. The molecule has 1 aromatic carbocycles. The molecule has 0 saturated carbocycles. The van der Waals surface area contributed by atoms with Crippen molar-refractivity contribution in [1.82, 2.24) is 4.90 Å². The Bertz CT molecular complexity index is 904. The van der Waals surface area contributed by atoms with Crippen LogP contribution in [0.3, 0.4) is 0 Å². The number of morpholine rings is 1.